The van der Waals surface area contributed by atoms with E-state index < -0.39 is 0 Å². The fourth-order valence-corrected chi connectivity index (χ4v) is 1.52. The van der Waals surface area contributed by atoms with Gasteiger partial charge >= 0.3 is 0 Å². The van der Waals surface area contributed by atoms with Crippen LogP contribution in [0.25, 0.3) is 10.9 Å². The predicted octanol–water partition coefficient (Wildman–Crippen LogP) is 2.94. The molecule has 0 fully saturated rings. The first kappa shape index (κ1) is 9.00. The van der Waals surface area contributed by atoms with Gasteiger partial charge < -0.3 is 4.74 Å². The van der Waals surface area contributed by atoms with Crippen molar-refractivity contribution in [2.24, 2.45) is 0 Å². The van der Waals surface area contributed by atoms with Crippen molar-refractivity contribution >= 4 is 10.9 Å². The normalized spacial score (nSPS) is 10.4. The van der Waals surface area contributed by atoms with Crippen molar-refractivity contribution < 1.29 is 4.74 Å². The minimum absolute atomic E-state index is 0.657. The highest BCUT2D eigenvalue weighted by atomic mass is 16.5. The van der Waals surface area contributed by atoms with Crippen molar-refractivity contribution in [2.45, 2.75) is 13.8 Å². The first-order chi connectivity index (χ1) is 6.81. The van der Waals surface area contributed by atoms with Crippen molar-refractivity contribution in [3.8, 4) is 5.88 Å². The number of aromatic nitrogens is 1. The fraction of sp³-hybridized carbons (Fsp3) is 0.250. The number of rotatable bonds is 2. The van der Waals surface area contributed by atoms with Gasteiger partial charge in [0.05, 0.1) is 12.1 Å². The van der Waals surface area contributed by atoms with E-state index in [2.05, 4.69) is 24.0 Å². The molecule has 0 N–H and O–H groups in total. The Morgan fingerprint density at radius 2 is 2.07 bits per heavy atom. The smallest absolute Gasteiger partial charge is 0.213 e. The third kappa shape index (κ3) is 1.55. The van der Waals surface area contributed by atoms with Crippen LogP contribution < -0.4 is 4.74 Å². The molecule has 1 aromatic carbocycles. The first-order valence-corrected chi connectivity index (χ1v) is 4.80. The number of fused-ring (bicyclic) bond motifs is 1. The molecule has 0 amide bonds. The zero-order valence-corrected chi connectivity index (χ0v) is 8.45. The molecule has 0 saturated heterocycles. The number of ether oxygens (including phenoxy) is 1. The number of hydrogen-bond acceptors (Lipinski definition) is 2. The number of pyridine rings is 1. The Morgan fingerprint density at radius 1 is 1.21 bits per heavy atom. The summed E-state index contributed by atoms with van der Waals surface area (Å²) in [4.78, 5) is 4.40. The van der Waals surface area contributed by atoms with Gasteiger partial charge in [-0.15, -0.1) is 0 Å². The summed E-state index contributed by atoms with van der Waals surface area (Å²) in [5.41, 5.74) is 2.24. The topological polar surface area (TPSA) is 22.1 Å². The van der Waals surface area contributed by atoms with Crippen LogP contribution in [0.15, 0.2) is 30.3 Å². The Kier molecular flexibility index (Phi) is 2.35. The van der Waals surface area contributed by atoms with Gasteiger partial charge in [-0.25, -0.2) is 4.98 Å². The Morgan fingerprint density at radius 3 is 2.86 bits per heavy atom. The fourth-order valence-electron chi connectivity index (χ4n) is 1.52. The van der Waals surface area contributed by atoms with E-state index in [1.165, 1.54) is 10.9 Å². The third-order valence-corrected chi connectivity index (χ3v) is 2.22. The molecule has 2 nitrogen and oxygen atoms in total. The SMILES string of the molecule is CCOc1ccc2c(C)cccc2n1. The summed E-state index contributed by atoms with van der Waals surface area (Å²) in [7, 11) is 0. The maximum absolute atomic E-state index is 5.34. The second kappa shape index (κ2) is 3.66. The molecule has 1 aromatic heterocycles. The monoisotopic (exact) mass is 187 g/mol. The van der Waals surface area contributed by atoms with Crippen LogP contribution in [0.5, 0.6) is 5.88 Å². The lowest BCUT2D eigenvalue weighted by Crippen LogP contribution is -1.94. The summed E-state index contributed by atoms with van der Waals surface area (Å²) in [6.45, 7) is 4.71. The van der Waals surface area contributed by atoms with Crippen molar-refractivity contribution in [2.75, 3.05) is 6.61 Å². The quantitative estimate of drug-likeness (QED) is 0.721. The standard InChI is InChI=1S/C12H13NO/c1-3-14-12-8-7-10-9(2)5-4-6-11(10)13-12/h4-8H,3H2,1-2H3. The molecule has 0 spiro atoms. The van der Waals surface area contributed by atoms with Crippen molar-refractivity contribution in [3.05, 3.63) is 35.9 Å². The van der Waals surface area contributed by atoms with Gasteiger partial charge in [0.15, 0.2) is 0 Å². The van der Waals surface area contributed by atoms with Crippen LogP contribution in [0.1, 0.15) is 12.5 Å². The van der Waals surface area contributed by atoms with Gasteiger partial charge in [0.2, 0.25) is 5.88 Å². The van der Waals surface area contributed by atoms with Crippen LogP contribution in [0, 0.1) is 6.92 Å². The Hall–Kier alpha value is -1.57. The maximum atomic E-state index is 5.34. The molecule has 2 rings (SSSR count). The molecule has 2 heteroatoms. The predicted molar refractivity (Wildman–Crippen MR) is 57.6 cm³/mol. The van der Waals surface area contributed by atoms with Crippen molar-refractivity contribution in [3.63, 3.8) is 0 Å². The maximum Gasteiger partial charge on any atom is 0.213 e. The van der Waals surface area contributed by atoms with Crippen LogP contribution in [-0.4, -0.2) is 11.6 Å². The highest BCUT2D eigenvalue weighted by Crippen LogP contribution is 2.19. The van der Waals surface area contributed by atoms with E-state index in [4.69, 9.17) is 4.74 Å². The van der Waals surface area contributed by atoms with Gasteiger partial charge in [-0.05, 0) is 31.5 Å². The van der Waals surface area contributed by atoms with E-state index in [0.29, 0.717) is 12.5 Å². The van der Waals surface area contributed by atoms with Gasteiger partial charge in [0.25, 0.3) is 0 Å². The molecule has 0 bridgehead atoms. The van der Waals surface area contributed by atoms with Crippen molar-refractivity contribution in [1.82, 2.24) is 4.98 Å². The van der Waals surface area contributed by atoms with E-state index in [0.717, 1.165) is 5.52 Å². The summed E-state index contributed by atoms with van der Waals surface area (Å²) in [6.07, 6.45) is 0. The summed E-state index contributed by atoms with van der Waals surface area (Å²) in [5.74, 6) is 0.700. The number of aryl methyl sites for hydroxylation is 1. The highest BCUT2D eigenvalue weighted by Gasteiger charge is 1.99. The zero-order valence-electron chi connectivity index (χ0n) is 8.45. The summed E-state index contributed by atoms with van der Waals surface area (Å²) < 4.78 is 5.34. The molecule has 0 aliphatic rings. The zero-order chi connectivity index (χ0) is 9.97. The molecule has 2 aromatic rings. The molecule has 0 aliphatic carbocycles. The van der Waals surface area contributed by atoms with Gasteiger partial charge in [0.1, 0.15) is 0 Å². The van der Waals surface area contributed by atoms with Crippen molar-refractivity contribution in [1.29, 1.82) is 0 Å². The van der Waals surface area contributed by atoms with Crippen LogP contribution in [-0.2, 0) is 0 Å². The molecule has 0 atom stereocenters. The number of benzene rings is 1. The molecule has 0 aliphatic heterocycles. The van der Waals surface area contributed by atoms with Gasteiger partial charge in [0, 0.05) is 11.5 Å². The number of nitrogens with zero attached hydrogens (tertiary/aromatic N) is 1. The van der Waals surface area contributed by atoms with E-state index in [1.807, 2.05) is 25.1 Å². The third-order valence-electron chi connectivity index (χ3n) is 2.22. The molecule has 0 unspecified atom stereocenters. The van der Waals surface area contributed by atoms with Crippen LogP contribution in [0.4, 0.5) is 0 Å². The number of hydrogen-bond donors (Lipinski definition) is 0. The van der Waals surface area contributed by atoms with E-state index in [-0.39, 0.29) is 0 Å². The highest BCUT2D eigenvalue weighted by molar-refractivity contribution is 5.82. The van der Waals surface area contributed by atoms with Crippen LogP contribution in [0.2, 0.25) is 0 Å². The van der Waals surface area contributed by atoms with E-state index in [1.54, 1.807) is 0 Å². The van der Waals surface area contributed by atoms with E-state index in [9.17, 15) is 0 Å². The van der Waals surface area contributed by atoms with Gasteiger partial charge in [-0.1, -0.05) is 12.1 Å². The minimum Gasteiger partial charge on any atom is -0.478 e. The molecule has 0 saturated carbocycles. The molecular weight excluding hydrogens is 174 g/mol. The lowest BCUT2D eigenvalue weighted by molar-refractivity contribution is 0.328. The average Bonchev–Trinajstić information content (AvgIpc) is 2.18. The van der Waals surface area contributed by atoms with Gasteiger partial charge in [-0.3, -0.25) is 0 Å². The van der Waals surface area contributed by atoms with E-state index >= 15 is 0 Å². The Bertz CT molecular complexity index is 451. The summed E-state index contributed by atoms with van der Waals surface area (Å²) >= 11 is 0. The largest absolute Gasteiger partial charge is 0.478 e. The first-order valence-electron chi connectivity index (χ1n) is 4.80. The Labute approximate surface area is 83.5 Å². The lowest BCUT2D eigenvalue weighted by Gasteiger charge is -2.04. The molecule has 0 radical (unpaired) electrons. The minimum atomic E-state index is 0.657. The summed E-state index contributed by atoms with van der Waals surface area (Å²) in [6, 6.07) is 10.1. The second-order valence-electron chi connectivity index (χ2n) is 3.22. The van der Waals surface area contributed by atoms with Crippen LogP contribution in [0.3, 0.4) is 0 Å². The Balaban J connectivity index is 2.56. The van der Waals surface area contributed by atoms with Crippen LogP contribution >= 0.6 is 0 Å². The molecular formula is C12H13NO. The molecule has 72 valence electrons. The second-order valence-corrected chi connectivity index (χ2v) is 3.22. The molecule has 1 heterocycles. The molecule has 14 heavy (non-hydrogen) atoms. The van der Waals surface area contributed by atoms with Gasteiger partial charge in [-0.2, -0.15) is 0 Å². The summed E-state index contributed by atoms with van der Waals surface area (Å²) in [5, 5.41) is 1.19. The lowest BCUT2D eigenvalue weighted by atomic mass is 10.1. The average molecular weight is 187 g/mol.